The minimum Gasteiger partial charge on any atom is -0.481 e. The number of hydrogen-bond donors (Lipinski definition) is 3. The van der Waals surface area contributed by atoms with Gasteiger partial charge < -0.3 is 10.0 Å². The van der Waals surface area contributed by atoms with Crippen LogP contribution >= 0.6 is 0 Å². The third-order valence-electron chi connectivity index (χ3n) is 4.79. The minimum absolute atomic E-state index is 0.0722. The molecule has 1 amide bonds. The molecule has 1 aromatic carbocycles. The maximum Gasteiger partial charge on any atom is 0.308 e. The highest BCUT2D eigenvalue weighted by atomic mass is 19.1. The number of carboxylic acid groups (broad SMARTS) is 1. The molecule has 2 aliphatic heterocycles. The number of carbonyl (C=O) groups is 2. The van der Waals surface area contributed by atoms with Crippen LogP contribution in [0.2, 0.25) is 0 Å². The van der Waals surface area contributed by atoms with Gasteiger partial charge in [-0.1, -0.05) is 19.1 Å². The number of hydrogen-bond acceptors (Lipinski definition) is 4. The van der Waals surface area contributed by atoms with Crippen molar-refractivity contribution in [1.29, 1.82) is 0 Å². The highest BCUT2D eigenvalue weighted by Crippen LogP contribution is 2.26. The second kappa shape index (κ2) is 6.86. The van der Waals surface area contributed by atoms with E-state index in [4.69, 9.17) is 0 Å². The Labute approximate surface area is 140 Å². The molecular weight excluding hydrogens is 313 g/mol. The van der Waals surface area contributed by atoms with Crippen molar-refractivity contribution in [2.45, 2.75) is 31.8 Å². The zero-order chi connectivity index (χ0) is 17.3. The molecule has 4 atom stereocenters. The van der Waals surface area contributed by atoms with Gasteiger partial charge in [-0.3, -0.25) is 9.59 Å². The summed E-state index contributed by atoms with van der Waals surface area (Å²) in [7, 11) is 0. The number of nitrogens with one attached hydrogen (secondary N) is 2. The fraction of sp³-hybridized carbons (Fsp3) is 0.529. The standard InChI is InChI=1S/C17H22FN3O3/c1-10-6-12(17(23)24)9-21(8-10)16(22)15-7-14(19-20-15)11-2-4-13(18)5-3-11/h2-5,10,12,14-15,19-20H,6-9H2,1H3,(H,23,24). The van der Waals surface area contributed by atoms with Gasteiger partial charge >= 0.3 is 5.97 Å². The van der Waals surface area contributed by atoms with E-state index >= 15 is 0 Å². The van der Waals surface area contributed by atoms with Crippen molar-refractivity contribution in [3.8, 4) is 0 Å². The molecule has 130 valence electrons. The summed E-state index contributed by atoms with van der Waals surface area (Å²) in [6, 6.07) is 5.72. The van der Waals surface area contributed by atoms with E-state index in [0.29, 0.717) is 19.4 Å². The quantitative estimate of drug-likeness (QED) is 0.776. The molecule has 6 nitrogen and oxygen atoms in total. The highest BCUT2D eigenvalue weighted by Gasteiger charge is 2.37. The van der Waals surface area contributed by atoms with Crippen molar-refractivity contribution in [2.24, 2.45) is 11.8 Å². The van der Waals surface area contributed by atoms with Crippen LogP contribution in [0.3, 0.4) is 0 Å². The topological polar surface area (TPSA) is 81.7 Å². The molecule has 3 N–H and O–H groups in total. The first-order chi connectivity index (χ1) is 11.4. The van der Waals surface area contributed by atoms with E-state index in [2.05, 4.69) is 10.9 Å². The average molecular weight is 335 g/mol. The van der Waals surface area contributed by atoms with Crippen LogP contribution in [0.15, 0.2) is 24.3 Å². The molecule has 2 saturated heterocycles. The highest BCUT2D eigenvalue weighted by molar-refractivity contribution is 5.83. The molecule has 0 radical (unpaired) electrons. The number of likely N-dealkylation sites (tertiary alicyclic amines) is 1. The Bertz CT molecular complexity index is 622. The number of aliphatic carboxylic acids is 1. The molecule has 2 aliphatic rings. The van der Waals surface area contributed by atoms with Gasteiger partial charge in [0.2, 0.25) is 5.91 Å². The van der Waals surface area contributed by atoms with Crippen LogP contribution in [-0.4, -0.2) is 41.0 Å². The lowest BCUT2D eigenvalue weighted by Gasteiger charge is -2.36. The van der Waals surface area contributed by atoms with Crippen LogP contribution in [-0.2, 0) is 9.59 Å². The van der Waals surface area contributed by atoms with E-state index in [9.17, 15) is 19.1 Å². The van der Waals surface area contributed by atoms with Crippen LogP contribution < -0.4 is 10.9 Å². The molecule has 24 heavy (non-hydrogen) atoms. The predicted octanol–water partition coefficient (Wildman–Crippen LogP) is 1.30. The number of nitrogens with zero attached hydrogens (tertiary/aromatic N) is 1. The summed E-state index contributed by atoms with van der Waals surface area (Å²) in [4.78, 5) is 25.6. The lowest BCUT2D eigenvalue weighted by atomic mass is 9.90. The maximum atomic E-state index is 13.0. The van der Waals surface area contributed by atoms with Crippen molar-refractivity contribution in [3.05, 3.63) is 35.6 Å². The predicted molar refractivity (Wildman–Crippen MR) is 85.3 cm³/mol. The number of amides is 1. The van der Waals surface area contributed by atoms with Crippen molar-refractivity contribution in [2.75, 3.05) is 13.1 Å². The van der Waals surface area contributed by atoms with Crippen molar-refractivity contribution in [3.63, 3.8) is 0 Å². The Hall–Kier alpha value is -1.99. The van der Waals surface area contributed by atoms with Gasteiger partial charge in [0.1, 0.15) is 11.9 Å². The Balaban J connectivity index is 1.63. The third-order valence-corrected chi connectivity index (χ3v) is 4.79. The summed E-state index contributed by atoms with van der Waals surface area (Å²) in [5.41, 5.74) is 6.98. The Morgan fingerprint density at radius 2 is 1.88 bits per heavy atom. The molecule has 0 spiro atoms. The first-order valence-electron chi connectivity index (χ1n) is 8.22. The number of carboxylic acids is 1. The number of piperidine rings is 1. The third kappa shape index (κ3) is 3.57. The lowest BCUT2D eigenvalue weighted by Crippen LogP contribution is -2.51. The number of halogens is 1. The van der Waals surface area contributed by atoms with Gasteiger partial charge in [-0.2, -0.15) is 0 Å². The molecule has 0 aromatic heterocycles. The number of benzene rings is 1. The van der Waals surface area contributed by atoms with E-state index in [0.717, 1.165) is 5.56 Å². The molecule has 3 rings (SSSR count). The molecule has 2 fully saturated rings. The van der Waals surface area contributed by atoms with E-state index in [1.54, 1.807) is 17.0 Å². The molecular formula is C17H22FN3O3. The molecule has 0 bridgehead atoms. The lowest BCUT2D eigenvalue weighted by molar-refractivity contribution is -0.147. The Morgan fingerprint density at radius 1 is 1.17 bits per heavy atom. The number of rotatable bonds is 3. The summed E-state index contributed by atoms with van der Waals surface area (Å²) in [5, 5.41) is 9.24. The van der Waals surface area contributed by atoms with Crippen molar-refractivity contribution >= 4 is 11.9 Å². The van der Waals surface area contributed by atoms with Gasteiger partial charge in [0.25, 0.3) is 0 Å². The van der Waals surface area contributed by atoms with Gasteiger partial charge in [0.05, 0.1) is 5.92 Å². The fourth-order valence-corrected chi connectivity index (χ4v) is 3.56. The summed E-state index contributed by atoms with van der Waals surface area (Å²) in [5.74, 6) is -1.55. The molecule has 0 saturated carbocycles. The molecule has 1 aromatic rings. The van der Waals surface area contributed by atoms with Crippen molar-refractivity contribution in [1.82, 2.24) is 15.8 Å². The molecule has 7 heteroatoms. The fourth-order valence-electron chi connectivity index (χ4n) is 3.56. The van der Waals surface area contributed by atoms with Crippen LogP contribution in [0, 0.1) is 17.7 Å². The SMILES string of the molecule is CC1CC(C(=O)O)CN(C(=O)C2CC(c3ccc(F)cc3)NN2)C1. The second-order valence-corrected chi connectivity index (χ2v) is 6.80. The normalized spacial score (nSPS) is 30.3. The number of carbonyl (C=O) groups excluding carboxylic acids is 1. The smallest absolute Gasteiger partial charge is 0.308 e. The van der Waals surface area contributed by atoms with E-state index in [-0.39, 0.29) is 30.2 Å². The van der Waals surface area contributed by atoms with Gasteiger partial charge in [-0.25, -0.2) is 15.2 Å². The Kier molecular flexibility index (Phi) is 4.82. The van der Waals surface area contributed by atoms with Crippen LogP contribution in [0.5, 0.6) is 0 Å². The summed E-state index contributed by atoms with van der Waals surface area (Å²) < 4.78 is 13.0. The largest absolute Gasteiger partial charge is 0.481 e. The van der Waals surface area contributed by atoms with Gasteiger partial charge in [0.15, 0.2) is 0 Å². The van der Waals surface area contributed by atoms with E-state index in [1.807, 2.05) is 6.92 Å². The molecule has 4 unspecified atom stereocenters. The van der Waals surface area contributed by atoms with E-state index < -0.39 is 17.9 Å². The minimum atomic E-state index is -0.846. The average Bonchev–Trinajstić information content (AvgIpc) is 3.04. The number of hydrazine groups is 1. The monoisotopic (exact) mass is 335 g/mol. The van der Waals surface area contributed by atoms with E-state index in [1.165, 1.54) is 12.1 Å². The van der Waals surface area contributed by atoms with Crippen LogP contribution in [0.1, 0.15) is 31.4 Å². The zero-order valence-electron chi connectivity index (χ0n) is 13.5. The maximum absolute atomic E-state index is 13.0. The van der Waals surface area contributed by atoms with Crippen LogP contribution in [0.4, 0.5) is 4.39 Å². The van der Waals surface area contributed by atoms with Gasteiger partial charge in [0, 0.05) is 19.1 Å². The van der Waals surface area contributed by atoms with Gasteiger partial charge in [-0.15, -0.1) is 0 Å². The first-order valence-corrected chi connectivity index (χ1v) is 8.22. The molecule has 0 aliphatic carbocycles. The Morgan fingerprint density at radius 3 is 2.54 bits per heavy atom. The summed E-state index contributed by atoms with van der Waals surface area (Å²) in [6.45, 7) is 2.82. The zero-order valence-corrected chi connectivity index (χ0v) is 13.5. The summed E-state index contributed by atoms with van der Waals surface area (Å²) in [6.07, 6.45) is 1.15. The second-order valence-electron chi connectivity index (χ2n) is 6.80. The van der Waals surface area contributed by atoms with Crippen LogP contribution in [0.25, 0.3) is 0 Å². The summed E-state index contributed by atoms with van der Waals surface area (Å²) >= 11 is 0. The first kappa shape index (κ1) is 16.9. The van der Waals surface area contributed by atoms with Crippen molar-refractivity contribution < 1.29 is 19.1 Å². The van der Waals surface area contributed by atoms with Gasteiger partial charge in [-0.05, 0) is 36.5 Å². The molecule has 2 heterocycles.